The summed E-state index contributed by atoms with van der Waals surface area (Å²) >= 11 is 0. The van der Waals surface area contributed by atoms with Gasteiger partial charge >= 0.3 is 0 Å². The first-order valence-corrected chi connectivity index (χ1v) is 6.49. The van der Waals surface area contributed by atoms with Gasteiger partial charge in [0.15, 0.2) is 0 Å². The fourth-order valence-electron chi connectivity index (χ4n) is 2.30. The Kier molecular flexibility index (Phi) is 4.18. The van der Waals surface area contributed by atoms with Gasteiger partial charge in [-0.3, -0.25) is 4.79 Å². The number of likely N-dealkylation sites (N-methyl/N-ethyl adjacent to an activating group) is 1. The summed E-state index contributed by atoms with van der Waals surface area (Å²) in [6, 6.07) is 6.51. The van der Waals surface area contributed by atoms with Crippen LogP contribution in [-0.4, -0.2) is 37.0 Å². The number of hydrogen-bond acceptors (Lipinski definition) is 2. The summed E-state index contributed by atoms with van der Waals surface area (Å²) in [7, 11) is 0. The first-order chi connectivity index (χ1) is 8.70. The molecule has 1 amide bonds. The molecule has 4 heteroatoms. The van der Waals surface area contributed by atoms with Crippen molar-refractivity contribution in [3.05, 3.63) is 30.1 Å². The molecule has 0 bridgehead atoms. The molecule has 0 spiro atoms. The molecule has 1 fully saturated rings. The quantitative estimate of drug-likeness (QED) is 0.800. The lowest BCUT2D eigenvalue weighted by Crippen LogP contribution is -2.35. The van der Waals surface area contributed by atoms with Crippen LogP contribution in [0.4, 0.5) is 10.1 Å². The summed E-state index contributed by atoms with van der Waals surface area (Å²) < 4.78 is 12.9. The number of benzene rings is 1. The Balaban J connectivity index is 1.92. The fourth-order valence-corrected chi connectivity index (χ4v) is 2.30. The maximum absolute atomic E-state index is 12.9. The third-order valence-corrected chi connectivity index (χ3v) is 3.38. The molecule has 0 N–H and O–H groups in total. The van der Waals surface area contributed by atoms with Crippen molar-refractivity contribution >= 4 is 11.6 Å². The molecule has 2 rings (SSSR count). The number of rotatable bonds is 5. The van der Waals surface area contributed by atoms with Crippen molar-refractivity contribution in [2.24, 2.45) is 0 Å². The Morgan fingerprint density at radius 3 is 2.61 bits per heavy atom. The van der Waals surface area contributed by atoms with E-state index in [1.807, 2.05) is 4.90 Å². The van der Waals surface area contributed by atoms with E-state index in [1.165, 1.54) is 12.1 Å². The molecule has 1 aliphatic heterocycles. The van der Waals surface area contributed by atoms with Crippen LogP contribution in [0.1, 0.15) is 19.8 Å². The predicted octanol–water partition coefficient (Wildman–Crippen LogP) is 2.27. The van der Waals surface area contributed by atoms with E-state index in [-0.39, 0.29) is 11.7 Å². The third kappa shape index (κ3) is 3.00. The van der Waals surface area contributed by atoms with E-state index in [4.69, 9.17) is 0 Å². The maximum Gasteiger partial charge on any atom is 0.222 e. The summed E-state index contributed by atoms with van der Waals surface area (Å²) in [5.41, 5.74) is 1.01. The largest absolute Gasteiger partial charge is 0.370 e. The van der Waals surface area contributed by atoms with Crippen molar-refractivity contribution in [2.45, 2.75) is 19.8 Å². The maximum atomic E-state index is 12.9. The smallest absolute Gasteiger partial charge is 0.222 e. The zero-order valence-corrected chi connectivity index (χ0v) is 10.7. The van der Waals surface area contributed by atoms with E-state index in [0.29, 0.717) is 6.42 Å². The third-order valence-electron chi connectivity index (χ3n) is 3.38. The van der Waals surface area contributed by atoms with Gasteiger partial charge in [0.25, 0.3) is 0 Å². The van der Waals surface area contributed by atoms with Crippen molar-refractivity contribution in [3.63, 3.8) is 0 Å². The molecule has 0 aromatic heterocycles. The van der Waals surface area contributed by atoms with E-state index >= 15 is 0 Å². The summed E-state index contributed by atoms with van der Waals surface area (Å²) in [6.07, 6.45) is 1.66. The number of carbonyl (C=O) groups is 1. The van der Waals surface area contributed by atoms with E-state index < -0.39 is 0 Å². The van der Waals surface area contributed by atoms with Crippen LogP contribution in [0, 0.1) is 5.82 Å². The van der Waals surface area contributed by atoms with Crippen LogP contribution in [-0.2, 0) is 4.79 Å². The molecule has 0 radical (unpaired) electrons. The van der Waals surface area contributed by atoms with Crippen molar-refractivity contribution in [3.8, 4) is 0 Å². The minimum atomic E-state index is -0.218. The van der Waals surface area contributed by atoms with Gasteiger partial charge in [-0.05, 0) is 37.6 Å². The number of halogens is 1. The van der Waals surface area contributed by atoms with Crippen LogP contribution in [0.3, 0.4) is 0 Å². The molecule has 0 aliphatic carbocycles. The molecule has 0 saturated carbocycles. The average molecular weight is 250 g/mol. The fraction of sp³-hybridized carbons (Fsp3) is 0.500. The highest BCUT2D eigenvalue weighted by molar-refractivity contribution is 5.78. The van der Waals surface area contributed by atoms with Crippen LogP contribution < -0.4 is 4.90 Å². The Morgan fingerprint density at radius 1 is 1.33 bits per heavy atom. The monoisotopic (exact) mass is 250 g/mol. The second-order valence-corrected chi connectivity index (χ2v) is 4.54. The Labute approximate surface area is 107 Å². The van der Waals surface area contributed by atoms with Gasteiger partial charge in [-0.25, -0.2) is 4.39 Å². The zero-order chi connectivity index (χ0) is 13.0. The van der Waals surface area contributed by atoms with Gasteiger partial charge in [-0.2, -0.15) is 0 Å². The molecule has 1 aromatic rings. The van der Waals surface area contributed by atoms with Crippen LogP contribution in [0.15, 0.2) is 24.3 Å². The standard InChI is InChI=1S/C14H19FN2O/c1-2-16(13-7-5-12(15)6-8-13)10-11-17-9-3-4-14(17)18/h5-8H,2-4,9-11H2,1H3. The lowest BCUT2D eigenvalue weighted by Gasteiger charge is -2.26. The van der Waals surface area contributed by atoms with Gasteiger partial charge in [0.2, 0.25) is 5.91 Å². The van der Waals surface area contributed by atoms with Gasteiger partial charge in [0.05, 0.1) is 0 Å². The molecule has 1 saturated heterocycles. The molecule has 3 nitrogen and oxygen atoms in total. The molecule has 0 unspecified atom stereocenters. The molecular formula is C14H19FN2O. The molecule has 1 heterocycles. The lowest BCUT2D eigenvalue weighted by atomic mass is 10.2. The molecule has 1 aromatic carbocycles. The van der Waals surface area contributed by atoms with Crippen LogP contribution in [0.2, 0.25) is 0 Å². The summed E-state index contributed by atoms with van der Waals surface area (Å²) in [6.45, 7) is 5.35. The van der Waals surface area contributed by atoms with Crippen molar-refractivity contribution in [1.82, 2.24) is 4.90 Å². The van der Waals surface area contributed by atoms with Gasteiger partial charge < -0.3 is 9.80 Å². The summed E-state index contributed by atoms with van der Waals surface area (Å²) in [5.74, 6) is 0.0367. The molecular weight excluding hydrogens is 231 g/mol. The minimum absolute atomic E-state index is 0.218. The van der Waals surface area contributed by atoms with E-state index in [2.05, 4.69) is 11.8 Å². The first-order valence-electron chi connectivity index (χ1n) is 6.49. The first kappa shape index (κ1) is 12.9. The van der Waals surface area contributed by atoms with Crippen LogP contribution in [0.25, 0.3) is 0 Å². The highest BCUT2D eigenvalue weighted by atomic mass is 19.1. The number of hydrogen-bond donors (Lipinski definition) is 0. The van der Waals surface area contributed by atoms with Gasteiger partial charge in [-0.15, -0.1) is 0 Å². The summed E-state index contributed by atoms with van der Waals surface area (Å²) in [4.78, 5) is 15.6. The van der Waals surface area contributed by atoms with Crippen molar-refractivity contribution in [1.29, 1.82) is 0 Å². The molecule has 0 atom stereocenters. The number of anilines is 1. The molecule has 1 aliphatic rings. The van der Waals surface area contributed by atoms with E-state index in [1.54, 1.807) is 12.1 Å². The topological polar surface area (TPSA) is 23.6 Å². The second kappa shape index (κ2) is 5.85. The minimum Gasteiger partial charge on any atom is -0.370 e. The number of likely N-dealkylation sites (tertiary alicyclic amines) is 1. The normalized spacial score (nSPS) is 15.2. The van der Waals surface area contributed by atoms with Gasteiger partial charge in [0.1, 0.15) is 5.82 Å². The highest BCUT2D eigenvalue weighted by Crippen LogP contribution is 2.15. The Hall–Kier alpha value is -1.58. The molecule has 98 valence electrons. The van der Waals surface area contributed by atoms with E-state index in [9.17, 15) is 9.18 Å². The van der Waals surface area contributed by atoms with Crippen LogP contribution in [0.5, 0.6) is 0 Å². The summed E-state index contributed by atoms with van der Waals surface area (Å²) in [5, 5.41) is 0. The lowest BCUT2D eigenvalue weighted by molar-refractivity contribution is -0.127. The zero-order valence-electron chi connectivity index (χ0n) is 10.7. The average Bonchev–Trinajstić information content (AvgIpc) is 2.78. The van der Waals surface area contributed by atoms with Crippen LogP contribution >= 0.6 is 0 Å². The number of nitrogens with zero attached hydrogens (tertiary/aromatic N) is 2. The van der Waals surface area contributed by atoms with Gasteiger partial charge in [0, 0.05) is 38.3 Å². The van der Waals surface area contributed by atoms with E-state index in [0.717, 1.165) is 38.3 Å². The highest BCUT2D eigenvalue weighted by Gasteiger charge is 2.20. The Bertz CT molecular complexity index is 405. The second-order valence-electron chi connectivity index (χ2n) is 4.54. The number of amides is 1. The number of carbonyl (C=O) groups excluding carboxylic acids is 1. The SMILES string of the molecule is CCN(CCN1CCCC1=O)c1ccc(F)cc1. The van der Waals surface area contributed by atoms with Gasteiger partial charge in [-0.1, -0.05) is 0 Å². The Morgan fingerprint density at radius 2 is 2.06 bits per heavy atom. The van der Waals surface area contributed by atoms with Crippen molar-refractivity contribution in [2.75, 3.05) is 31.1 Å². The predicted molar refractivity (Wildman–Crippen MR) is 70.1 cm³/mol. The molecule has 18 heavy (non-hydrogen) atoms. The van der Waals surface area contributed by atoms with Crippen molar-refractivity contribution < 1.29 is 9.18 Å².